The Labute approximate surface area is 156 Å². The van der Waals surface area contributed by atoms with Crippen LogP contribution in [0, 0.1) is 5.41 Å². The van der Waals surface area contributed by atoms with E-state index in [1.54, 1.807) is 18.3 Å². The molecule has 1 aromatic carbocycles. The van der Waals surface area contributed by atoms with E-state index >= 15 is 0 Å². The van der Waals surface area contributed by atoms with Crippen LogP contribution in [0.1, 0.15) is 28.1 Å². The molecule has 2 saturated heterocycles. The molecule has 2 fully saturated rings. The summed E-state index contributed by atoms with van der Waals surface area (Å²) in [6, 6.07) is 6.16. The molecule has 8 heteroatoms. The molecule has 1 aromatic heterocycles. The van der Waals surface area contributed by atoms with E-state index in [0.717, 1.165) is 50.5 Å². The van der Waals surface area contributed by atoms with Crippen LogP contribution >= 0.6 is 11.3 Å². The zero-order valence-electron chi connectivity index (χ0n) is 14.5. The lowest BCUT2D eigenvalue weighted by atomic mass is 9.87. The number of anilines is 1. The smallest absolute Gasteiger partial charge is 0.204 e. The van der Waals surface area contributed by atoms with Crippen molar-refractivity contribution in [2.75, 3.05) is 37.5 Å². The van der Waals surface area contributed by atoms with Crippen LogP contribution in [-0.4, -0.2) is 51.7 Å². The standard InChI is InChI=1S/C18H20N2O4S2/c1-26(22,23)14-4-2-3-13(9-14)16(21)15-10-19-17(25-15)20-7-5-18(11-20)6-8-24-12-18/h2-4,9-10H,5-8,11-12H2,1H3. The van der Waals surface area contributed by atoms with E-state index in [1.807, 2.05) is 0 Å². The Balaban J connectivity index is 1.54. The van der Waals surface area contributed by atoms with Crippen molar-refractivity contribution in [2.24, 2.45) is 5.41 Å². The molecule has 0 aliphatic carbocycles. The van der Waals surface area contributed by atoms with Crippen LogP contribution in [0.3, 0.4) is 0 Å². The third kappa shape index (κ3) is 3.28. The molecule has 2 aliphatic rings. The second-order valence-electron chi connectivity index (χ2n) is 7.11. The van der Waals surface area contributed by atoms with Gasteiger partial charge in [-0.05, 0) is 25.0 Å². The van der Waals surface area contributed by atoms with Gasteiger partial charge in [-0.15, -0.1) is 0 Å². The molecule has 0 bridgehead atoms. The number of rotatable bonds is 4. The molecular formula is C18H20N2O4S2. The first-order valence-corrected chi connectivity index (χ1v) is 11.2. The molecule has 1 spiro atoms. The highest BCUT2D eigenvalue weighted by atomic mass is 32.2. The van der Waals surface area contributed by atoms with Gasteiger partial charge in [-0.1, -0.05) is 23.5 Å². The summed E-state index contributed by atoms with van der Waals surface area (Å²) in [4.78, 5) is 20.1. The molecule has 0 N–H and O–H groups in total. The van der Waals surface area contributed by atoms with Gasteiger partial charge in [0.1, 0.15) is 0 Å². The normalized spacial score (nSPS) is 23.0. The van der Waals surface area contributed by atoms with Crippen molar-refractivity contribution in [1.29, 1.82) is 0 Å². The lowest BCUT2D eigenvalue weighted by molar-refractivity contribution is 0.104. The fourth-order valence-electron chi connectivity index (χ4n) is 3.60. The molecule has 26 heavy (non-hydrogen) atoms. The van der Waals surface area contributed by atoms with E-state index in [-0.39, 0.29) is 16.1 Å². The Morgan fingerprint density at radius 2 is 2.19 bits per heavy atom. The van der Waals surface area contributed by atoms with E-state index < -0.39 is 9.84 Å². The Bertz CT molecular complexity index is 946. The number of thiazole rings is 1. The van der Waals surface area contributed by atoms with Crippen LogP contribution in [0.4, 0.5) is 5.13 Å². The van der Waals surface area contributed by atoms with Gasteiger partial charge in [0.05, 0.1) is 22.6 Å². The number of benzene rings is 1. The molecule has 0 radical (unpaired) electrons. The molecule has 0 saturated carbocycles. The summed E-state index contributed by atoms with van der Waals surface area (Å²) >= 11 is 1.36. The minimum Gasteiger partial charge on any atom is -0.381 e. The number of sulfone groups is 1. The maximum Gasteiger partial charge on any atom is 0.204 e. The number of hydrogen-bond acceptors (Lipinski definition) is 7. The van der Waals surface area contributed by atoms with E-state index in [0.29, 0.717) is 10.4 Å². The predicted octanol–water partition coefficient (Wildman–Crippen LogP) is 2.39. The minimum atomic E-state index is -3.35. The monoisotopic (exact) mass is 392 g/mol. The van der Waals surface area contributed by atoms with Gasteiger partial charge < -0.3 is 9.64 Å². The van der Waals surface area contributed by atoms with E-state index in [1.165, 1.54) is 23.5 Å². The number of carbonyl (C=O) groups excluding carboxylic acids is 1. The van der Waals surface area contributed by atoms with Crippen molar-refractivity contribution in [3.63, 3.8) is 0 Å². The Kier molecular flexibility index (Phi) is 4.37. The van der Waals surface area contributed by atoms with Crippen molar-refractivity contribution in [3.8, 4) is 0 Å². The highest BCUT2D eigenvalue weighted by Gasteiger charge is 2.42. The topological polar surface area (TPSA) is 76.6 Å². The number of nitrogens with zero attached hydrogens (tertiary/aromatic N) is 2. The van der Waals surface area contributed by atoms with Crippen LogP contribution in [0.5, 0.6) is 0 Å². The SMILES string of the molecule is CS(=O)(=O)c1cccc(C(=O)c2cnc(N3CCC4(CCOC4)C3)s2)c1. The maximum atomic E-state index is 12.7. The van der Waals surface area contributed by atoms with Crippen molar-refractivity contribution >= 4 is 32.1 Å². The summed E-state index contributed by atoms with van der Waals surface area (Å²) in [5, 5.41) is 0.844. The number of carbonyl (C=O) groups is 1. The largest absolute Gasteiger partial charge is 0.381 e. The molecule has 1 unspecified atom stereocenters. The first-order chi connectivity index (χ1) is 12.4. The second-order valence-corrected chi connectivity index (χ2v) is 10.1. The van der Waals surface area contributed by atoms with Gasteiger partial charge in [0.2, 0.25) is 5.78 Å². The Morgan fingerprint density at radius 1 is 1.35 bits per heavy atom. The molecule has 2 aliphatic heterocycles. The van der Waals surface area contributed by atoms with Crippen LogP contribution in [0.25, 0.3) is 0 Å². The molecule has 3 heterocycles. The average molecular weight is 393 g/mol. The van der Waals surface area contributed by atoms with Gasteiger partial charge in [-0.2, -0.15) is 0 Å². The van der Waals surface area contributed by atoms with Gasteiger partial charge in [-0.25, -0.2) is 13.4 Å². The lowest BCUT2D eigenvalue weighted by Gasteiger charge is -2.21. The number of aromatic nitrogens is 1. The van der Waals surface area contributed by atoms with Crippen molar-refractivity contribution in [3.05, 3.63) is 40.9 Å². The van der Waals surface area contributed by atoms with Gasteiger partial charge in [0, 0.05) is 36.9 Å². The van der Waals surface area contributed by atoms with E-state index in [2.05, 4.69) is 9.88 Å². The van der Waals surface area contributed by atoms with Crippen LogP contribution in [-0.2, 0) is 14.6 Å². The summed E-state index contributed by atoms with van der Waals surface area (Å²) in [7, 11) is -3.35. The fourth-order valence-corrected chi connectivity index (χ4v) is 5.17. The summed E-state index contributed by atoms with van der Waals surface area (Å²) in [6.07, 6.45) is 4.90. The minimum absolute atomic E-state index is 0.149. The molecule has 2 aromatic rings. The third-order valence-corrected chi connectivity index (χ3v) is 7.30. The zero-order chi connectivity index (χ0) is 18.4. The van der Waals surface area contributed by atoms with Crippen molar-refractivity contribution in [2.45, 2.75) is 17.7 Å². The van der Waals surface area contributed by atoms with Crippen LogP contribution < -0.4 is 4.90 Å². The maximum absolute atomic E-state index is 12.7. The lowest BCUT2D eigenvalue weighted by Crippen LogP contribution is -2.27. The first-order valence-electron chi connectivity index (χ1n) is 8.50. The average Bonchev–Trinajstić information content (AvgIpc) is 3.35. The highest BCUT2D eigenvalue weighted by Crippen LogP contribution is 2.41. The molecule has 0 amide bonds. The fraction of sp³-hybridized carbons (Fsp3) is 0.444. The van der Waals surface area contributed by atoms with Gasteiger partial charge in [0.25, 0.3) is 0 Å². The Morgan fingerprint density at radius 3 is 2.92 bits per heavy atom. The Hall–Kier alpha value is -1.77. The van der Waals surface area contributed by atoms with Crippen LogP contribution in [0.2, 0.25) is 0 Å². The van der Waals surface area contributed by atoms with Crippen molar-refractivity contribution in [1.82, 2.24) is 4.98 Å². The number of ether oxygens (including phenoxy) is 1. The van der Waals surface area contributed by atoms with Crippen molar-refractivity contribution < 1.29 is 17.9 Å². The molecular weight excluding hydrogens is 372 g/mol. The van der Waals surface area contributed by atoms with Gasteiger partial charge in [-0.3, -0.25) is 4.79 Å². The molecule has 138 valence electrons. The van der Waals surface area contributed by atoms with Gasteiger partial charge in [0.15, 0.2) is 15.0 Å². The predicted molar refractivity (Wildman–Crippen MR) is 99.8 cm³/mol. The highest BCUT2D eigenvalue weighted by molar-refractivity contribution is 7.90. The van der Waals surface area contributed by atoms with E-state index in [4.69, 9.17) is 4.74 Å². The van der Waals surface area contributed by atoms with Crippen LogP contribution in [0.15, 0.2) is 35.4 Å². The third-order valence-electron chi connectivity index (χ3n) is 5.14. The quantitative estimate of drug-likeness (QED) is 0.744. The summed E-state index contributed by atoms with van der Waals surface area (Å²) in [5.74, 6) is -0.197. The zero-order valence-corrected chi connectivity index (χ0v) is 16.1. The van der Waals surface area contributed by atoms with Gasteiger partial charge >= 0.3 is 0 Å². The summed E-state index contributed by atoms with van der Waals surface area (Å²) in [5.41, 5.74) is 0.602. The first kappa shape index (κ1) is 17.6. The number of hydrogen-bond donors (Lipinski definition) is 0. The second kappa shape index (κ2) is 6.44. The summed E-state index contributed by atoms with van der Waals surface area (Å²) in [6.45, 7) is 3.47. The molecule has 4 rings (SSSR count). The summed E-state index contributed by atoms with van der Waals surface area (Å²) < 4.78 is 29.0. The molecule has 1 atom stereocenters. The van der Waals surface area contributed by atoms with E-state index in [9.17, 15) is 13.2 Å². The molecule has 6 nitrogen and oxygen atoms in total. The number of ketones is 1.